The first kappa shape index (κ1) is 31.5. The molecule has 0 spiro atoms. The van der Waals surface area contributed by atoms with Gasteiger partial charge in [-0.05, 0) is 18.2 Å². The molecule has 4 N–H and O–H groups in total. The molecular weight excluding hydrogens is 642 g/mol. The Morgan fingerprint density at radius 3 is 1.70 bits per heavy atom. The molecule has 236 valence electrons. The predicted molar refractivity (Wildman–Crippen MR) is 172 cm³/mol. The third-order valence-electron chi connectivity index (χ3n) is 6.66. The van der Waals surface area contributed by atoms with Gasteiger partial charge in [0.05, 0.1) is 65.9 Å². The molecule has 0 saturated carbocycles. The zero-order chi connectivity index (χ0) is 33.8. The standard InChI is InChI=1S/C28H18ClN9O9/c29-25-16(13-30-33-20-8-6-18(35(40)41)11-22(20)37(44)45)10-17(26-24(25)28(39)27(32-26)15-4-2-1-3-5-15)14-31-34-21-9-7-19(36(42)43)12-23(21)38(46)47/h1-14,32-34,39H/b30-13+,31-14+. The zero-order valence-corrected chi connectivity index (χ0v) is 24.1. The van der Waals surface area contributed by atoms with Gasteiger partial charge in [-0.2, -0.15) is 10.2 Å². The van der Waals surface area contributed by atoms with Crippen LogP contribution in [-0.2, 0) is 0 Å². The van der Waals surface area contributed by atoms with Crippen LogP contribution in [0, 0.1) is 40.5 Å². The largest absolute Gasteiger partial charge is 0.505 e. The molecule has 0 aliphatic rings. The first-order chi connectivity index (χ1) is 22.5. The maximum atomic E-state index is 11.5. The number of hydrogen-bond donors (Lipinski definition) is 4. The average Bonchev–Trinajstić information content (AvgIpc) is 3.40. The smallest absolute Gasteiger partial charge is 0.301 e. The number of rotatable bonds is 11. The number of nitro groups is 4. The van der Waals surface area contributed by atoms with Crippen molar-refractivity contribution in [1.29, 1.82) is 0 Å². The van der Waals surface area contributed by atoms with Crippen LogP contribution in [0.25, 0.3) is 22.2 Å². The summed E-state index contributed by atoms with van der Waals surface area (Å²) in [7, 11) is 0. The molecule has 0 amide bonds. The van der Waals surface area contributed by atoms with E-state index in [1.165, 1.54) is 18.5 Å². The molecule has 0 fully saturated rings. The molecule has 1 aromatic heterocycles. The van der Waals surface area contributed by atoms with Crippen LogP contribution < -0.4 is 10.9 Å². The maximum absolute atomic E-state index is 11.5. The minimum atomic E-state index is -0.816. The van der Waals surface area contributed by atoms with Crippen molar-refractivity contribution in [2.45, 2.75) is 0 Å². The summed E-state index contributed by atoms with van der Waals surface area (Å²) in [5, 5.41) is 64.6. The lowest BCUT2D eigenvalue weighted by Crippen LogP contribution is -2.00. The third-order valence-corrected chi connectivity index (χ3v) is 7.07. The van der Waals surface area contributed by atoms with Crippen LogP contribution in [0.15, 0.2) is 83.0 Å². The van der Waals surface area contributed by atoms with Crippen molar-refractivity contribution in [3.05, 3.63) is 129 Å². The van der Waals surface area contributed by atoms with E-state index in [1.807, 2.05) is 0 Å². The summed E-state index contributed by atoms with van der Waals surface area (Å²) in [5.74, 6) is -0.223. The lowest BCUT2D eigenvalue weighted by molar-refractivity contribution is -0.393. The molecule has 0 unspecified atom stereocenters. The fraction of sp³-hybridized carbons (Fsp3) is 0. The van der Waals surface area contributed by atoms with E-state index in [4.69, 9.17) is 11.6 Å². The Hall–Kier alpha value is -6.95. The number of aromatic hydroxyl groups is 1. The van der Waals surface area contributed by atoms with Crippen LogP contribution in [0.1, 0.15) is 11.1 Å². The predicted octanol–water partition coefficient (Wildman–Crippen LogP) is 6.72. The van der Waals surface area contributed by atoms with E-state index in [1.54, 1.807) is 30.3 Å². The first-order valence-electron chi connectivity index (χ1n) is 13.0. The topological polar surface area (TPSA) is 257 Å². The van der Waals surface area contributed by atoms with Gasteiger partial charge in [0.25, 0.3) is 11.4 Å². The van der Waals surface area contributed by atoms with Gasteiger partial charge < -0.3 is 10.1 Å². The van der Waals surface area contributed by atoms with Gasteiger partial charge in [-0.1, -0.05) is 41.9 Å². The minimum absolute atomic E-state index is 0.0239. The molecule has 5 aromatic rings. The van der Waals surface area contributed by atoms with Gasteiger partial charge in [-0.3, -0.25) is 51.3 Å². The Balaban J connectivity index is 1.56. The molecule has 0 bridgehead atoms. The minimum Gasteiger partial charge on any atom is -0.505 e. The third kappa shape index (κ3) is 6.47. The molecule has 19 heteroatoms. The van der Waals surface area contributed by atoms with Gasteiger partial charge in [0, 0.05) is 28.8 Å². The van der Waals surface area contributed by atoms with Gasteiger partial charge in [0.15, 0.2) is 0 Å². The Kier molecular flexibility index (Phi) is 8.68. The van der Waals surface area contributed by atoms with E-state index in [2.05, 4.69) is 26.0 Å². The van der Waals surface area contributed by atoms with E-state index >= 15 is 0 Å². The summed E-state index contributed by atoms with van der Waals surface area (Å²) in [6, 6.07) is 16.2. The number of nitrogens with zero attached hydrogens (tertiary/aromatic N) is 6. The number of fused-ring (bicyclic) bond motifs is 1. The van der Waals surface area contributed by atoms with E-state index in [-0.39, 0.29) is 33.1 Å². The van der Waals surface area contributed by atoms with Gasteiger partial charge in [0.2, 0.25) is 0 Å². The molecule has 0 aliphatic heterocycles. The maximum Gasteiger partial charge on any atom is 0.301 e. The Bertz CT molecular complexity index is 2150. The highest BCUT2D eigenvalue weighted by Gasteiger charge is 2.22. The van der Waals surface area contributed by atoms with E-state index in [0.29, 0.717) is 22.3 Å². The molecule has 5 rings (SSSR count). The lowest BCUT2D eigenvalue weighted by Gasteiger charge is -2.06. The fourth-order valence-electron chi connectivity index (χ4n) is 4.48. The van der Waals surface area contributed by atoms with Gasteiger partial charge in [0.1, 0.15) is 17.1 Å². The second-order valence-corrected chi connectivity index (χ2v) is 9.88. The summed E-state index contributed by atoms with van der Waals surface area (Å²) in [5.41, 5.74) is 4.20. The van der Waals surface area contributed by atoms with Crippen molar-refractivity contribution in [2.75, 3.05) is 10.9 Å². The van der Waals surface area contributed by atoms with Crippen LogP contribution in [0.4, 0.5) is 34.1 Å². The van der Waals surface area contributed by atoms with Crippen LogP contribution in [0.2, 0.25) is 5.02 Å². The molecule has 0 radical (unpaired) electrons. The number of hydrazone groups is 2. The molecule has 0 atom stereocenters. The second-order valence-electron chi connectivity index (χ2n) is 9.50. The van der Waals surface area contributed by atoms with Crippen molar-refractivity contribution in [1.82, 2.24) is 4.98 Å². The van der Waals surface area contributed by atoms with Crippen molar-refractivity contribution < 1.29 is 24.8 Å². The number of aromatic nitrogens is 1. The van der Waals surface area contributed by atoms with E-state index < -0.39 is 42.4 Å². The number of benzene rings is 4. The average molecular weight is 660 g/mol. The van der Waals surface area contributed by atoms with Gasteiger partial charge in [-0.15, -0.1) is 0 Å². The quantitative estimate of drug-likeness (QED) is 0.0657. The highest BCUT2D eigenvalue weighted by atomic mass is 35.5. The van der Waals surface area contributed by atoms with E-state index in [9.17, 15) is 45.6 Å². The van der Waals surface area contributed by atoms with Gasteiger partial charge in [-0.25, -0.2) is 0 Å². The monoisotopic (exact) mass is 659 g/mol. The summed E-state index contributed by atoms with van der Waals surface area (Å²) in [6.07, 6.45) is 2.44. The number of nitro benzene ring substituents is 4. The zero-order valence-electron chi connectivity index (χ0n) is 23.4. The molecular formula is C28H18ClN9O9. The summed E-state index contributed by atoms with van der Waals surface area (Å²) >= 11 is 6.69. The normalized spacial score (nSPS) is 11.3. The first-order valence-corrected chi connectivity index (χ1v) is 13.4. The number of nitrogens with one attached hydrogen (secondary N) is 3. The SMILES string of the molecule is O=[N+]([O-])c1ccc(N/N=C/c2cc(/C=N/Nc3ccc([N+](=O)[O-])cc3[N+](=O)[O-])c3[nH]c(-c4ccccc4)c(O)c3c2Cl)c([N+](=O)[O-])c1. The Morgan fingerprint density at radius 2 is 1.21 bits per heavy atom. The number of non-ortho nitro benzene ring substituents is 2. The number of hydrogen-bond acceptors (Lipinski definition) is 13. The molecule has 0 saturated heterocycles. The van der Waals surface area contributed by atoms with Crippen LogP contribution in [0.5, 0.6) is 5.75 Å². The van der Waals surface area contributed by atoms with Crippen LogP contribution in [-0.4, -0.2) is 42.2 Å². The highest BCUT2D eigenvalue weighted by molar-refractivity contribution is 6.39. The second kappa shape index (κ2) is 13.0. The number of anilines is 2. The Labute approximate surface area is 266 Å². The van der Waals surface area contributed by atoms with Crippen LogP contribution in [0.3, 0.4) is 0 Å². The van der Waals surface area contributed by atoms with Crippen molar-refractivity contribution in [3.63, 3.8) is 0 Å². The summed E-state index contributed by atoms with van der Waals surface area (Å²) in [4.78, 5) is 45.1. The van der Waals surface area contributed by atoms with Crippen molar-refractivity contribution >= 4 is 69.1 Å². The lowest BCUT2D eigenvalue weighted by atomic mass is 10.1. The molecule has 4 aromatic carbocycles. The highest BCUT2D eigenvalue weighted by Crippen LogP contribution is 2.42. The van der Waals surface area contributed by atoms with E-state index in [0.717, 1.165) is 36.4 Å². The Morgan fingerprint density at radius 1 is 0.702 bits per heavy atom. The van der Waals surface area contributed by atoms with Gasteiger partial charge >= 0.3 is 11.4 Å². The number of aromatic amines is 1. The van der Waals surface area contributed by atoms with Crippen molar-refractivity contribution in [3.8, 4) is 17.0 Å². The summed E-state index contributed by atoms with van der Waals surface area (Å²) < 4.78 is 0. The fourth-order valence-corrected chi connectivity index (χ4v) is 4.77. The summed E-state index contributed by atoms with van der Waals surface area (Å²) in [6.45, 7) is 0. The number of halogens is 1. The van der Waals surface area contributed by atoms with Crippen molar-refractivity contribution in [2.24, 2.45) is 10.2 Å². The van der Waals surface area contributed by atoms with Crippen LogP contribution >= 0.6 is 11.6 Å². The molecule has 47 heavy (non-hydrogen) atoms. The molecule has 0 aliphatic carbocycles. The number of H-pyrrole nitrogens is 1. The molecule has 1 heterocycles. The molecule has 18 nitrogen and oxygen atoms in total.